The molecule has 2 rings (SSSR count). The van der Waals surface area contributed by atoms with Gasteiger partial charge in [0, 0.05) is 24.3 Å². The van der Waals surface area contributed by atoms with Gasteiger partial charge in [0.2, 0.25) is 0 Å². The maximum absolute atomic E-state index is 12.7. The highest BCUT2D eigenvalue weighted by molar-refractivity contribution is 7.92. The zero-order valence-electron chi connectivity index (χ0n) is 16.6. The van der Waals surface area contributed by atoms with Crippen molar-refractivity contribution in [2.75, 3.05) is 17.8 Å². The molecule has 0 spiro atoms. The quantitative estimate of drug-likeness (QED) is 0.804. The Kier molecular flexibility index (Phi) is 6.31. The number of sulfonamides is 1. The Balaban J connectivity index is 2.27. The van der Waals surface area contributed by atoms with Crippen LogP contribution in [-0.4, -0.2) is 32.3 Å². The number of carbonyl (C=O) groups excluding carboxylic acids is 1. The van der Waals surface area contributed by atoms with E-state index in [-0.39, 0.29) is 16.2 Å². The average Bonchev–Trinajstić information content (AvgIpc) is 2.62. The lowest BCUT2D eigenvalue weighted by Crippen LogP contribution is -2.30. The topological polar surface area (TPSA) is 66.5 Å². The Morgan fingerprint density at radius 3 is 2.11 bits per heavy atom. The van der Waals surface area contributed by atoms with Crippen LogP contribution in [0.15, 0.2) is 53.4 Å². The molecule has 0 aliphatic rings. The Labute approximate surface area is 162 Å². The number of benzene rings is 2. The number of rotatable bonds is 6. The summed E-state index contributed by atoms with van der Waals surface area (Å²) < 4.78 is 28.0. The largest absolute Gasteiger partial charge is 0.339 e. The van der Waals surface area contributed by atoms with Crippen LogP contribution >= 0.6 is 0 Å². The molecule has 0 heterocycles. The molecule has 0 aromatic heterocycles. The molecule has 0 bridgehead atoms. The van der Waals surface area contributed by atoms with Gasteiger partial charge in [-0.05, 0) is 55.2 Å². The highest BCUT2D eigenvalue weighted by Gasteiger charge is 2.19. The molecule has 2 aromatic rings. The second-order valence-corrected chi connectivity index (χ2v) is 9.12. The summed E-state index contributed by atoms with van der Waals surface area (Å²) in [6.07, 6.45) is 0. The molecule has 0 saturated heterocycles. The van der Waals surface area contributed by atoms with Crippen molar-refractivity contribution in [2.24, 2.45) is 0 Å². The lowest BCUT2D eigenvalue weighted by molar-refractivity contribution is 0.0772. The summed E-state index contributed by atoms with van der Waals surface area (Å²) in [7, 11) is -3.78. The Hall–Kier alpha value is -2.34. The fraction of sp³-hybridized carbons (Fsp3) is 0.381. The van der Waals surface area contributed by atoms with E-state index in [1.165, 1.54) is 12.1 Å². The minimum atomic E-state index is -3.78. The maximum atomic E-state index is 12.7. The summed E-state index contributed by atoms with van der Waals surface area (Å²) in [5, 5.41) is 0. The predicted molar refractivity (Wildman–Crippen MR) is 110 cm³/mol. The van der Waals surface area contributed by atoms with Crippen LogP contribution in [0.25, 0.3) is 0 Å². The van der Waals surface area contributed by atoms with Crippen LogP contribution < -0.4 is 4.72 Å². The van der Waals surface area contributed by atoms with E-state index in [1.54, 1.807) is 29.2 Å². The van der Waals surface area contributed by atoms with E-state index in [4.69, 9.17) is 0 Å². The monoisotopic (exact) mass is 388 g/mol. The first-order valence-electron chi connectivity index (χ1n) is 9.11. The maximum Gasteiger partial charge on any atom is 0.261 e. The van der Waals surface area contributed by atoms with Gasteiger partial charge < -0.3 is 4.90 Å². The van der Waals surface area contributed by atoms with Crippen molar-refractivity contribution in [3.63, 3.8) is 0 Å². The SMILES string of the molecule is CCN(CC)C(=O)c1cccc(S(=O)(=O)Nc2ccc(C(C)(C)C)cc2)c1. The zero-order valence-corrected chi connectivity index (χ0v) is 17.4. The number of hydrogen-bond acceptors (Lipinski definition) is 3. The molecule has 0 aliphatic heterocycles. The minimum absolute atomic E-state index is 0.00345. The van der Waals surface area contributed by atoms with E-state index in [9.17, 15) is 13.2 Å². The number of hydrogen-bond donors (Lipinski definition) is 1. The molecular weight excluding hydrogens is 360 g/mol. The first-order chi connectivity index (χ1) is 12.6. The van der Waals surface area contributed by atoms with Crippen molar-refractivity contribution in [3.05, 3.63) is 59.7 Å². The molecule has 5 nitrogen and oxygen atoms in total. The van der Waals surface area contributed by atoms with Crippen molar-refractivity contribution in [3.8, 4) is 0 Å². The van der Waals surface area contributed by atoms with Gasteiger partial charge in [0.25, 0.3) is 15.9 Å². The molecule has 0 radical (unpaired) electrons. The first kappa shape index (κ1) is 21.0. The van der Waals surface area contributed by atoms with Gasteiger partial charge in [0.1, 0.15) is 0 Å². The van der Waals surface area contributed by atoms with Crippen LogP contribution in [0.5, 0.6) is 0 Å². The molecule has 2 aromatic carbocycles. The smallest absolute Gasteiger partial charge is 0.261 e. The van der Waals surface area contributed by atoms with Crippen molar-refractivity contribution in [2.45, 2.75) is 44.9 Å². The van der Waals surface area contributed by atoms with Gasteiger partial charge in [-0.25, -0.2) is 8.42 Å². The van der Waals surface area contributed by atoms with Crippen LogP contribution in [0.1, 0.15) is 50.5 Å². The third-order valence-corrected chi connectivity index (χ3v) is 5.82. The van der Waals surface area contributed by atoms with Gasteiger partial charge in [-0.3, -0.25) is 9.52 Å². The van der Waals surface area contributed by atoms with Crippen LogP contribution in [0.3, 0.4) is 0 Å². The van der Waals surface area contributed by atoms with Crippen LogP contribution in [0.2, 0.25) is 0 Å². The predicted octanol–water partition coefficient (Wildman–Crippen LogP) is 4.27. The molecule has 0 aliphatic carbocycles. The highest BCUT2D eigenvalue weighted by atomic mass is 32.2. The van der Waals surface area contributed by atoms with E-state index in [0.29, 0.717) is 24.3 Å². The van der Waals surface area contributed by atoms with E-state index in [1.807, 2.05) is 26.0 Å². The molecular formula is C21H28N2O3S. The third-order valence-electron chi connectivity index (χ3n) is 4.45. The van der Waals surface area contributed by atoms with Crippen molar-refractivity contribution in [1.82, 2.24) is 4.90 Å². The lowest BCUT2D eigenvalue weighted by Gasteiger charge is -2.20. The molecule has 1 amide bonds. The molecule has 6 heteroatoms. The number of nitrogens with zero attached hydrogens (tertiary/aromatic N) is 1. The lowest BCUT2D eigenvalue weighted by atomic mass is 9.87. The van der Waals surface area contributed by atoms with Crippen molar-refractivity contribution >= 4 is 21.6 Å². The van der Waals surface area contributed by atoms with E-state index in [0.717, 1.165) is 5.56 Å². The van der Waals surface area contributed by atoms with Gasteiger partial charge in [-0.15, -0.1) is 0 Å². The fourth-order valence-electron chi connectivity index (χ4n) is 2.74. The number of amides is 1. The number of carbonyl (C=O) groups is 1. The molecule has 0 saturated carbocycles. The second kappa shape index (κ2) is 8.13. The average molecular weight is 389 g/mol. The zero-order chi connectivity index (χ0) is 20.2. The Morgan fingerprint density at radius 1 is 1.00 bits per heavy atom. The summed E-state index contributed by atoms with van der Waals surface area (Å²) in [4.78, 5) is 14.2. The standard InChI is InChI=1S/C21H28N2O3S/c1-6-23(7-2)20(24)16-9-8-10-19(15-16)27(25,26)22-18-13-11-17(12-14-18)21(3,4)5/h8-15,22H,6-7H2,1-5H3. The van der Waals surface area contributed by atoms with Gasteiger partial charge in [0.05, 0.1) is 4.90 Å². The normalized spacial score (nSPS) is 11.9. The minimum Gasteiger partial charge on any atom is -0.339 e. The second-order valence-electron chi connectivity index (χ2n) is 7.44. The summed E-state index contributed by atoms with van der Waals surface area (Å²) in [5.41, 5.74) is 1.97. The van der Waals surface area contributed by atoms with Crippen LogP contribution in [0, 0.1) is 0 Å². The molecule has 0 atom stereocenters. The molecule has 1 N–H and O–H groups in total. The van der Waals surface area contributed by atoms with E-state index in [2.05, 4.69) is 25.5 Å². The summed E-state index contributed by atoms with van der Waals surface area (Å²) in [6, 6.07) is 13.5. The first-order valence-corrected chi connectivity index (χ1v) is 10.6. The third kappa shape index (κ3) is 5.10. The fourth-order valence-corrected chi connectivity index (χ4v) is 3.85. The number of anilines is 1. The van der Waals surface area contributed by atoms with Crippen molar-refractivity contribution in [1.29, 1.82) is 0 Å². The van der Waals surface area contributed by atoms with Crippen LogP contribution in [-0.2, 0) is 15.4 Å². The summed E-state index contributed by atoms with van der Waals surface area (Å²) in [5.74, 6) is -0.174. The Bertz CT molecular complexity index is 894. The molecule has 27 heavy (non-hydrogen) atoms. The molecule has 146 valence electrons. The Morgan fingerprint density at radius 2 is 1.59 bits per heavy atom. The van der Waals surface area contributed by atoms with Gasteiger partial charge >= 0.3 is 0 Å². The van der Waals surface area contributed by atoms with Crippen molar-refractivity contribution < 1.29 is 13.2 Å². The highest BCUT2D eigenvalue weighted by Crippen LogP contribution is 2.25. The molecule has 0 unspecified atom stereocenters. The summed E-state index contributed by atoms with van der Waals surface area (Å²) in [6.45, 7) is 11.2. The molecule has 0 fully saturated rings. The van der Waals surface area contributed by atoms with E-state index >= 15 is 0 Å². The van der Waals surface area contributed by atoms with Gasteiger partial charge in [-0.1, -0.05) is 39.0 Å². The van der Waals surface area contributed by atoms with E-state index < -0.39 is 10.0 Å². The van der Waals surface area contributed by atoms with Gasteiger partial charge in [0.15, 0.2) is 0 Å². The van der Waals surface area contributed by atoms with Crippen LogP contribution in [0.4, 0.5) is 5.69 Å². The summed E-state index contributed by atoms with van der Waals surface area (Å²) >= 11 is 0. The number of nitrogens with one attached hydrogen (secondary N) is 1. The van der Waals surface area contributed by atoms with Gasteiger partial charge in [-0.2, -0.15) is 0 Å².